The van der Waals surface area contributed by atoms with Gasteiger partial charge in [0.25, 0.3) is 0 Å². The molecule has 0 heterocycles. The highest BCUT2D eigenvalue weighted by molar-refractivity contribution is 14.1. The molecule has 0 amide bonds. The number of aliphatic hydroxyl groups is 1. The fourth-order valence-corrected chi connectivity index (χ4v) is 1.96. The molecule has 0 aromatic heterocycles. The zero-order chi connectivity index (χ0) is 15.0. The molecule has 0 aliphatic rings. The van der Waals surface area contributed by atoms with Gasteiger partial charge in [0.05, 0.1) is 25.2 Å². The van der Waals surface area contributed by atoms with E-state index in [1.54, 1.807) is 30.3 Å². The van der Waals surface area contributed by atoms with Crippen LogP contribution in [-0.2, 0) is 14.3 Å². The lowest BCUT2D eigenvalue weighted by molar-refractivity contribution is -0.143. The van der Waals surface area contributed by atoms with Crippen molar-refractivity contribution in [3.05, 3.63) is 35.9 Å². The highest BCUT2D eigenvalue weighted by atomic mass is 127. The molecule has 0 bridgehead atoms. The van der Waals surface area contributed by atoms with Gasteiger partial charge in [-0.2, -0.15) is 0 Å². The van der Waals surface area contributed by atoms with Gasteiger partial charge in [0, 0.05) is 10.8 Å². The minimum absolute atomic E-state index is 0.0667. The summed E-state index contributed by atoms with van der Waals surface area (Å²) in [5.74, 6) is -0.989. The molecular weight excluding hydrogens is 375 g/mol. The van der Waals surface area contributed by atoms with Crippen molar-refractivity contribution in [3.8, 4) is 0 Å². The SMILES string of the molecule is COC(=O)C[C@@H](CC(O)CI)OC(=O)c1ccccc1. The van der Waals surface area contributed by atoms with E-state index in [1.165, 1.54) is 7.11 Å². The maximum Gasteiger partial charge on any atom is 0.338 e. The molecule has 110 valence electrons. The number of halogens is 1. The molecule has 0 fully saturated rings. The molecule has 0 radical (unpaired) electrons. The topological polar surface area (TPSA) is 72.8 Å². The number of aliphatic hydroxyl groups excluding tert-OH is 1. The highest BCUT2D eigenvalue weighted by Crippen LogP contribution is 2.13. The Bertz CT molecular complexity index is 434. The zero-order valence-corrected chi connectivity index (χ0v) is 13.3. The van der Waals surface area contributed by atoms with Gasteiger partial charge in [0.15, 0.2) is 0 Å². The largest absolute Gasteiger partial charge is 0.469 e. The lowest BCUT2D eigenvalue weighted by Gasteiger charge is -2.19. The van der Waals surface area contributed by atoms with Crippen LogP contribution in [0.25, 0.3) is 0 Å². The van der Waals surface area contributed by atoms with E-state index < -0.39 is 24.1 Å². The van der Waals surface area contributed by atoms with Crippen molar-refractivity contribution in [1.29, 1.82) is 0 Å². The number of benzene rings is 1. The van der Waals surface area contributed by atoms with E-state index >= 15 is 0 Å². The van der Waals surface area contributed by atoms with Crippen LogP contribution in [0.5, 0.6) is 0 Å². The van der Waals surface area contributed by atoms with Gasteiger partial charge in [-0.3, -0.25) is 4.79 Å². The van der Waals surface area contributed by atoms with Crippen LogP contribution in [0.3, 0.4) is 0 Å². The van der Waals surface area contributed by atoms with Gasteiger partial charge in [-0.05, 0) is 12.1 Å². The Balaban J connectivity index is 2.68. The van der Waals surface area contributed by atoms with E-state index in [2.05, 4.69) is 4.74 Å². The molecule has 6 heteroatoms. The summed E-state index contributed by atoms with van der Waals surface area (Å²) in [5, 5.41) is 9.65. The van der Waals surface area contributed by atoms with Crippen LogP contribution >= 0.6 is 22.6 Å². The van der Waals surface area contributed by atoms with Crippen LogP contribution in [0, 0.1) is 0 Å². The molecule has 1 N–H and O–H groups in total. The summed E-state index contributed by atoms with van der Waals surface area (Å²) >= 11 is 2.03. The smallest absolute Gasteiger partial charge is 0.338 e. The Labute approximate surface area is 131 Å². The van der Waals surface area contributed by atoms with E-state index in [0.29, 0.717) is 9.99 Å². The number of carbonyl (C=O) groups excluding carboxylic acids is 2. The van der Waals surface area contributed by atoms with Crippen molar-refractivity contribution in [2.45, 2.75) is 25.0 Å². The molecule has 20 heavy (non-hydrogen) atoms. The van der Waals surface area contributed by atoms with Gasteiger partial charge in [-0.15, -0.1) is 0 Å². The summed E-state index contributed by atoms with van der Waals surface area (Å²) in [5.41, 5.74) is 0.409. The highest BCUT2D eigenvalue weighted by Gasteiger charge is 2.22. The fraction of sp³-hybridized carbons (Fsp3) is 0.429. The third-order valence-corrected chi connectivity index (χ3v) is 3.64. The van der Waals surface area contributed by atoms with Crippen LogP contribution in [0.4, 0.5) is 0 Å². The van der Waals surface area contributed by atoms with Crippen molar-refractivity contribution >= 4 is 34.5 Å². The van der Waals surface area contributed by atoms with Crippen LogP contribution < -0.4 is 0 Å². The monoisotopic (exact) mass is 392 g/mol. The zero-order valence-electron chi connectivity index (χ0n) is 11.1. The van der Waals surface area contributed by atoms with E-state index in [1.807, 2.05) is 22.6 Å². The second kappa shape index (κ2) is 8.91. The number of alkyl halides is 1. The molecule has 0 aliphatic carbocycles. The molecule has 0 saturated carbocycles. The van der Waals surface area contributed by atoms with Gasteiger partial charge in [-0.1, -0.05) is 40.8 Å². The van der Waals surface area contributed by atoms with E-state index in [-0.39, 0.29) is 12.8 Å². The number of methoxy groups -OCH3 is 1. The Kier molecular flexibility index (Phi) is 7.53. The Morgan fingerprint density at radius 1 is 1.30 bits per heavy atom. The summed E-state index contributed by atoms with van der Waals surface area (Å²) < 4.78 is 10.3. The molecule has 1 aromatic carbocycles. The van der Waals surface area contributed by atoms with E-state index in [9.17, 15) is 14.7 Å². The first-order chi connectivity index (χ1) is 9.56. The third kappa shape index (κ3) is 5.87. The molecular formula is C14H17IO5. The molecule has 0 aliphatic heterocycles. The first-order valence-corrected chi connectivity index (χ1v) is 7.66. The van der Waals surface area contributed by atoms with Gasteiger partial charge < -0.3 is 14.6 Å². The molecule has 1 unspecified atom stereocenters. The molecule has 2 atom stereocenters. The lowest BCUT2D eigenvalue weighted by Crippen LogP contribution is -2.27. The van der Waals surface area contributed by atoms with Crippen molar-refractivity contribution in [2.75, 3.05) is 11.5 Å². The quantitative estimate of drug-likeness (QED) is 0.437. The number of esters is 2. The van der Waals surface area contributed by atoms with Crippen LogP contribution in [0.1, 0.15) is 23.2 Å². The van der Waals surface area contributed by atoms with Crippen molar-refractivity contribution in [1.82, 2.24) is 0 Å². The maximum absolute atomic E-state index is 11.9. The predicted molar refractivity (Wildman–Crippen MR) is 81.8 cm³/mol. The number of hydrogen-bond acceptors (Lipinski definition) is 5. The van der Waals surface area contributed by atoms with Gasteiger partial charge in [0.1, 0.15) is 6.10 Å². The Hall–Kier alpha value is -1.15. The minimum atomic E-state index is -0.695. The molecule has 1 rings (SSSR count). The number of hydrogen-bond donors (Lipinski definition) is 1. The Morgan fingerprint density at radius 3 is 2.50 bits per heavy atom. The minimum Gasteiger partial charge on any atom is -0.469 e. The lowest BCUT2D eigenvalue weighted by atomic mass is 10.1. The Morgan fingerprint density at radius 2 is 1.95 bits per heavy atom. The first-order valence-electron chi connectivity index (χ1n) is 6.13. The third-order valence-electron chi connectivity index (χ3n) is 2.62. The van der Waals surface area contributed by atoms with Crippen LogP contribution in [0.2, 0.25) is 0 Å². The standard InChI is InChI=1S/C14H17IO5/c1-19-13(17)8-12(7-11(16)9-15)20-14(18)10-5-3-2-4-6-10/h2-6,11-12,16H,7-9H2,1H3/t11?,12-/m1/s1. The average molecular weight is 392 g/mol. The van der Waals surface area contributed by atoms with Gasteiger partial charge in [-0.25, -0.2) is 4.79 Å². The number of ether oxygens (including phenoxy) is 2. The number of carbonyl (C=O) groups is 2. The fourth-order valence-electron chi connectivity index (χ4n) is 1.60. The molecule has 5 nitrogen and oxygen atoms in total. The predicted octanol–water partition coefficient (Wildman–Crippen LogP) is 1.96. The average Bonchev–Trinajstić information content (AvgIpc) is 2.47. The van der Waals surface area contributed by atoms with E-state index in [4.69, 9.17) is 4.74 Å². The van der Waals surface area contributed by atoms with Crippen molar-refractivity contribution in [2.24, 2.45) is 0 Å². The van der Waals surface area contributed by atoms with Crippen molar-refractivity contribution in [3.63, 3.8) is 0 Å². The molecule has 0 spiro atoms. The first kappa shape index (κ1) is 16.9. The van der Waals surface area contributed by atoms with Crippen LogP contribution in [0.15, 0.2) is 30.3 Å². The van der Waals surface area contributed by atoms with Gasteiger partial charge >= 0.3 is 11.9 Å². The summed E-state index contributed by atoms with van der Waals surface area (Å²) in [6, 6.07) is 8.51. The normalized spacial score (nSPS) is 13.3. The molecule has 0 saturated heterocycles. The van der Waals surface area contributed by atoms with Crippen LogP contribution in [-0.4, -0.2) is 40.8 Å². The number of rotatable bonds is 7. The van der Waals surface area contributed by atoms with Crippen molar-refractivity contribution < 1.29 is 24.2 Å². The summed E-state index contributed by atoms with van der Waals surface area (Å²) in [6.45, 7) is 0. The summed E-state index contributed by atoms with van der Waals surface area (Å²) in [4.78, 5) is 23.2. The summed E-state index contributed by atoms with van der Waals surface area (Å²) in [7, 11) is 1.27. The van der Waals surface area contributed by atoms with E-state index in [0.717, 1.165) is 0 Å². The second-order valence-corrected chi connectivity index (χ2v) is 5.10. The maximum atomic E-state index is 11.9. The second-order valence-electron chi connectivity index (χ2n) is 4.22. The van der Waals surface area contributed by atoms with Gasteiger partial charge in [0.2, 0.25) is 0 Å². The molecule has 1 aromatic rings. The summed E-state index contributed by atoms with van der Waals surface area (Å²) in [6.07, 6.45) is -1.19.